The van der Waals surface area contributed by atoms with Crippen molar-refractivity contribution in [3.8, 4) is 0 Å². The van der Waals surface area contributed by atoms with Crippen LogP contribution in [-0.4, -0.2) is 13.4 Å². The molecule has 1 aromatic rings. The van der Waals surface area contributed by atoms with Gasteiger partial charge in [-0.3, -0.25) is 0 Å². The molecule has 0 spiro atoms. The zero-order chi connectivity index (χ0) is 9.68. The molecule has 3 heteroatoms. The minimum atomic E-state index is 0.761. The van der Waals surface area contributed by atoms with Gasteiger partial charge in [-0.25, -0.2) is 0 Å². The summed E-state index contributed by atoms with van der Waals surface area (Å²) in [5.41, 5.74) is 5.42. The first-order chi connectivity index (χ1) is 6.27. The third-order valence-electron chi connectivity index (χ3n) is 1.96. The number of thioether (sulfide) groups is 1. The first kappa shape index (κ1) is 10.6. The van der Waals surface area contributed by atoms with Crippen LogP contribution < -0.4 is 5.48 Å². The molecular formula is C10H15NOS. The highest BCUT2D eigenvalue weighted by Gasteiger charge is 1.98. The van der Waals surface area contributed by atoms with Crippen molar-refractivity contribution in [3.63, 3.8) is 0 Å². The van der Waals surface area contributed by atoms with Crippen molar-refractivity contribution in [2.45, 2.75) is 18.4 Å². The van der Waals surface area contributed by atoms with Gasteiger partial charge in [0.1, 0.15) is 0 Å². The molecule has 1 rings (SSSR count). The lowest BCUT2D eigenvalue weighted by atomic mass is 10.1. The average molecular weight is 197 g/mol. The highest BCUT2D eigenvalue weighted by atomic mass is 32.2. The van der Waals surface area contributed by atoms with Crippen LogP contribution in [0.15, 0.2) is 23.1 Å². The molecule has 2 nitrogen and oxygen atoms in total. The monoisotopic (exact) mass is 197 g/mol. The topological polar surface area (TPSA) is 21.3 Å². The number of rotatable bonds is 4. The standard InChI is InChI=1S/C10H15NOS/c1-8-6-10(13-3)5-4-9(8)7-11-12-2/h4-6,11H,7H2,1-3H3. The fourth-order valence-corrected chi connectivity index (χ4v) is 1.64. The normalized spacial score (nSPS) is 10.4. The maximum absolute atomic E-state index is 4.80. The second kappa shape index (κ2) is 5.27. The molecule has 0 unspecified atom stereocenters. The van der Waals surface area contributed by atoms with E-state index in [4.69, 9.17) is 4.84 Å². The number of hydroxylamine groups is 1. The van der Waals surface area contributed by atoms with E-state index in [2.05, 4.69) is 36.9 Å². The van der Waals surface area contributed by atoms with Gasteiger partial charge in [-0.2, -0.15) is 5.48 Å². The molecule has 0 aliphatic heterocycles. The summed E-state index contributed by atoms with van der Waals surface area (Å²) in [7, 11) is 1.63. The van der Waals surface area contributed by atoms with Crippen molar-refractivity contribution < 1.29 is 4.84 Å². The van der Waals surface area contributed by atoms with Gasteiger partial charge in [0.25, 0.3) is 0 Å². The van der Waals surface area contributed by atoms with Gasteiger partial charge < -0.3 is 4.84 Å². The molecule has 13 heavy (non-hydrogen) atoms. The summed E-state index contributed by atoms with van der Waals surface area (Å²) in [5.74, 6) is 0. The minimum absolute atomic E-state index is 0.761. The zero-order valence-corrected chi connectivity index (χ0v) is 9.07. The summed E-state index contributed by atoms with van der Waals surface area (Å²) in [6, 6.07) is 6.45. The fourth-order valence-electron chi connectivity index (χ4n) is 1.14. The lowest BCUT2D eigenvalue weighted by Gasteiger charge is -2.07. The van der Waals surface area contributed by atoms with Crippen LogP contribution >= 0.6 is 11.8 Å². The molecule has 0 radical (unpaired) electrons. The number of benzene rings is 1. The first-order valence-corrected chi connectivity index (χ1v) is 5.39. The quantitative estimate of drug-likeness (QED) is 0.591. The molecule has 0 aliphatic carbocycles. The van der Waals surface area contributed by atoms with Crippen LogP contribution in [0.1, 0.15) is 11.1 Å². The molecule has 0 saturated carbocycles. The Balaban J connectivity index is 2.73. The molecule has 0 amide bonds. The van der Waals surface area contributed by atoms with E-state index in [-0.39, 0.29) is 0 Å². The Kier molecular flexibility index (Phi) is 4.28. The SMILES string of the molecule is CONCc1ccc(SC)cc1C. The molecular weight excluding hydrogens is 182 g/mol. The van der Waals surface area contributed by atoms with Crippen LogP contribution in [0.25, 0.3) is 0 Å². The van der Waals surface area contributed by atoms with Gasteiger partial charge in [0, 0.05) is 11.4 Å². The van der Waals surface area contributed by atoms with E-state index in [1.165, 1.54) is 16.0 Å². The second-order valence-electron chi connectivity index (χ2n) is 2.82. The second-order valence-corrected chi connectivity index (χ2v) is 3.70. The van der Waals surface area contributed by atoms with Crippen molar-refractivity contribution in [1.82, 2.24) is 5.48 Å². The molecule has 0 aromatic heterocycles. The van der Waals surface area contributed by atoms with Gasteiger partial charge in [-0.05, 0) is 36.4 Å². The van der Waals surface area contributed by atoms with E-state index in [0.29, 0.717) is 0 Å². The molecule has 1 aromatic carbocycles. The van der Waals surface area contributed by atoms with Crippen molar-refractivity contribution in [2.24, 2.45) is 0 Å². The predicted molar refractivity (Wildman–Crippen MR) is 56.8 cm³/mol. The van der Waals surface area contributed by atoms with E-state index in [1.54, 1.807) is 18.9 Å². The fraction of sp³-hybridized carbons (Fsp3) is 0.400. The van der Waals surface area contributed by atoms with Crippen molar-refractivity contribution in [1.29, 1.82) is 0 Å². The van der Waals surface area contributed by atoms with E-state index in [1.807, 2.05) is 0 Å². The predicted octanol–water partition coefficient (Wildman–Crippen LogP) is 2.37. The van der Waals surface area contributed by atoms with Crippen LogP contribution in [0.3, 0.4) is 0 Å². The molecule has 0 atom stereocenters. The van der Waals surface area contributed by atoms with Crippen molar-refractivity contribution in [2.75, 3.05) is 13.4 Å². The molecule has 72 valence electrons. The molecule has 1 N–H and O–H groups in total. The highest BCUT2D eigenvalue weighted by molar-refractivity contribution is 7.98. The van der Waals surface area contributed by atoms with Gasteiger partial charge >= 0.3 is 0 Å². The third kappa shape index (κ3) is 3.03. The van der Waals surface area contributed by atoms with Gasteiger partial charge in [0.2, 0.25) is 0 Å². The van der Waals surface area contributed by atoms with Gasteiger partial charge in [0.05, 0.1) is 7.11 Å². The van der Waals surface area contributed by atoms with E-state index >= 15 is 0 Å². The first-order valence-electron chi connectivity index (χ1n) is 4.17. The van der Waals surface area contributed by atoms with Gasteiger partial charge in [-0.15, -0.1) is 11.8 Å². The Labute approximate surface area is 83.6 Å². The van der Waals surface area contributed by atoms with E-state index in [9.17, 15) is 0 Å². The summed E-state index contributed by atoms with van der Waals surface area (Å²) >= 11 is 1.76. The van der Waals surface area contributed by atoms with Crippen LogP contribution in [0.2, 0.25) is 0 Å². The van der Waals surface area contributed by atoms with Gasteiger partial charge in [-0.1, -0.05) is 6.07 Å². The lowest BCUT2D eigenvalue weighted by molar-refractivity contribution is 0.0866. The smallest absolute Gasteiger partial charge is 0.0572 e. The number of aryl methyl sites for hydroxylation is 1. The van der Waals surface area contributed by atoms with Crippen LogP contribution in [0.5, 0.6) is 0 Å². The maximum Gasteiger partial charge on any atom is 0.0572 e. The molecule has 0 saturated heterocycles. The number of hydrogen-bond acceptors (Lipinski definition) is 3. The lowest BCUT2D eigenvalue weighted by Crippen LogP contribution is -2.11. The Morgan fingerprint density at radius 3 is 2.77 bits per heavy atom. The van der Waals surface area contributed by atoms with Crippen molar-refractivity contribution >= 4 is 11.8 Å². The Morgan fingerprint density at radius 2 is 2.23 bits per heavy atom. The van der Waals surface area contributed by atoms with E-state index < -0.39 is 0 Å². The average Bonchev–Trinajstić information content (AvgIpc) is 2.16. The number of nitrogens with one attached hydrogen (secondary N) is 1. The molecule has 0 aliphatic rings. The molecule has 0 fully saturated rings. The summed E-state index contributed by atoms with van der Waals surface area (Å²) in [6.45, 7) is 2.88. The van der Waals surface area contributed by atoms with Crippen LogP contribution in [-0.2, 0) is 11.4 Å². The summed E-state index contributed by atoms with van der Waals surface area (Å²) < 4.78 is 0. The Morgan fingerprint density at radius 1 is 1.46 bits per heavy atom. The maximum atomic E-state index is 4.80. The summed E-state index contributed by atoms with van der Waals surface area (Å²) in [5, 5.41) is 0. The largest absolute Gasteiger partial charge is 0.305 e. The van der Waals surface area contributed by atoms with Crippen molar-refractivity contribution in [3.05, 3.63) is 29.3 Å². The Bertz CT molecular complexity index is 276. The van der Waals surface area contributed by atoms with Crippen LogP contribution in [0.4, 0.5) is 0 Å². The Hall–Kier alpha value is -0.510. The number of hydrogen-bond donors (Lipinski definition) is 1. The van der Waals surface area contributed by atoms with Gasteiger partial charge in [0.15, 0.2) is 0 Å². The molecule has 0 bridgehead atoms. The molecule has 0 heterocycles. The zero-order valence-electron chi connectivity index (χ0n) is 8.26. The summed E-state index contributed by atoms with van der Waals surface area (Å²) in [6.07, 6.45) is 2.09. The van der Waals surface area contributed by atoms with E-state index in [0.717, 1.165) is 6.54 Å². The minimum Gasteiger partial charge on any atom is -0.305 e. The highest BCUT2D eigenvalue weighted by Crippen LogP contribution is 2.18. The third-order valence-corrected chi connectivity index (χ3v) is 2.68. The van der Waals surface area contributed by atoms with Crippen LogP contribution in [0, 0.1) is 6.92 Å². The summed E-state index contributed by atoms with van der Waals surface area (Å²) in [4.78, 5) is 6.11.